The van der Waals surface area contributed by atoms with Crippen molar-refractivity contribution in [3.8, 4) is 6.07 Å². The average Bonchev–Trinajstić information content (AvgIpc) is 3.24. The van der Waals surface area contributed by atoms with Crippen LogP contribution in [0.5, 0.6) is 0 Å². The van der Waals surface area contributed by atoms with E-state index in [-0.39, 0.29) is 11.8 Å². The first-order chi connectivity index (χ1) is 18.3. The summed E-state index contributed by atoms with van der Waals surface area (Å²) in [5, 5.41) is 19.7. The van der Waals surface area contributed by atoms with Crippen LogP contribution in [0.3, 0.4) is 0 Å². The largest absolute Gasteiger partial charge is 0.383 e. The number of fused-ring (bicyclic) bond motifs is 1. The molecule has 1 saturated carbocycles. The van der Waals surface area contributed by atoms with Gasteiger partial charge in [0.25, 0.3) is 5.92 Å². The molecule has 2 unspecified atom stereocenters. The van der Waals surface area contributed by atoms with Gasteiger partial charge in [-0.15, -0.1) is 5.53 Å². The number of rotatable bonds is 7. The second kappa shape index (κ2) is 9.74. The van der Waals surface area contributed by atoms with Crippen LogP contribution in [0.1, 0.15) is 38.3 Å². The van der Waals surface area contributed by atoms with Gasteiger partial charge in [-0.25, -0.2) is 8.78 Å². The van der Waals surface area contributed by atoms with Crippen LogP contribution in [0.2, 0.25) is 10.0 Å². The van der Waals surface area contributed by atoms with Crippen molar-refractivity contribution in [3.63, 3.8) is 0 Å². The molecular weight excluding hydrogens is 542 g/mol. The molecule has 0 saturated heterocycles. The number of pyridine rings is 1. The lowest BCUT2D eigenvalue weighted by Crippen LogP contribution is -2.46. The molecule has 39 heavy (non-hydrogen) atoms. The quantitative estimate of drug-likeness (QED) is 0.285. The number of nitrogens with one attached hydrogen (secondary N) is 4. The Morgan fingerprint density at radius 3 is 2.59 bits per heavy atom. The molecule has 1 aliphatic carbocycles. The fraction of sp³-hybridized carbons (Fsp3) is 0.333. The summed E-state index contributed by atoms with van der Waals surface area (Å²) in [6.45, 7) is 6.92. The Kier molecular flexibility index (Phi) is 6.82. The minimum Gasteiger partial charge on any atom is -0.383 e. The first-order valence-corrected chi connectivity index (χ1v) is 13.3. The Morgan fingerprint density at radius 1 is 1.23 bits per heavy atom. The van der Waals surface area contributed by atoms with E-state index in [4.69, 9.17) is 23.2 Å². The molecular formula is C27H28BCl2F2N7. The third-order valence-electron chi connectivity index (χ3n) is 6.90. The molecule has 0 bridgehead atoms. The smallest absolute Gasteiger partial charge is 0.272 e. The highest BCUT2D eigenvalue weighted by atomic mass is 35.5. The maximum Gasteiger partial charge on any atom is 0.272 e. The van der Waals surface area contributed by atoms with Gasteiger partial charge < -0.3 is 16.1 Å². The molecule has 3 aromatic rings. The molecule has 7 nitrogen and oxygen atoms in total. The van der Waals surface area contributed by atoms with E-state index in [0.29, 0.717) is 50.1 Å². The van der Waals surface area contributed by atoms with E-state index in [9.17, 15) is 14.0 Å². The highest BCUT2D eigenvalue weighted by Gasteiger charge is 2.61. The summed E-state index contributed by atoms with van der Waals surface area (Å²) in [7, 11) is 1.91. The van der Waals surface area contributed by atoms with Crippen molar-refractivity contribution in [2.75, 3.05) is 17.2 Å². The number of alkyl halides is 2. The van der Waals surface area contributed by atoms with E-state index >= 15 is 0 Å². The molecule has 0 radical (unpaired) electrons. The number of nitrogens with zero attached hydrogens (tertiary/aromatic N) is 3. The SMILES string of the molecule is BC(Nc1cc(Cl)c2ncc(C#N)c(NCC(C)(C)C)c2c1)(C1=CN(C2CC2(F)F)NN1)c1ccccc1Cl. The topological polar surface area (TPSA) is 88.0 Å². The highest BCUT2D eigenvalue weighted by molar-refractivity contribution is 6.36. The Hall–Kier alpha value is -3.26. The number of aromatic nitrogens is 1. The van der Waals surface area contributed by atoms with Crippen LogP contribution >= 0.6 is 23.2 Å². The number of benzene rings is 2. The van der Waals surface area contributed by atoms with Gasteiger partial charge in [-0.1, -0.05) is 62.2 Å². The highest BCUT2D eigenvalue weighted by Crippen LogP contribution is 2.47. The maximum atomic E-state index is 13.8. The van der Waals surface area contributed by atoms with Gasteiger partial charge in [0.05, 0.1) is 32.9 Å². The van der Waals surface area contributed by atoms with Crippen LogP contribution in [0.25, 0.3) is 10.9 Å². The van der Waals surface area contributed by atoms with E-state index in [1.54, 1.807) is 18.3 Å². The zero-order valence-corrected chi connectivity index (χ0v) is 23.5. The number of halogens is 4. The van der Waals surface area contributed by atoms with E-state index in [0.717, 1.165) is 5.56 Å². The lowest BCUT2D eigenvalue weighted by molar-refractivity contribution is 0.0724. The Balaban J connectivity index is 1.60. The molecule has 2 aromatic carbocycles. The number of nitriles is 1. The summed E-state index contributed by atoms with van der Waals surface area (Å²) >= 11 is 13.4. The second-order valence-electron chi connectivity index (χ2n) is 11.3. The summed E-state index contributed by atoms with van der Waals surface area (Å²) in [6, 6.07) is 12.3. The van der Waals surface area contributed by atoms with Crippen molar-refractivity contribution in [1.29, 1.82) is 5.26 Å². The minimum absolute atomic E-state index is 0.0392. The van der Waals surface area contributed by atoms with Crippen molar-refractivity contribution in [2.24, 2.45) is 5.41 Å². The summed E-state index contributed by atoms with van der Waals surface area (Å²) in [4.78, 5) is 4.44. The normalized spacial score (nSPS) is 19.6. The predicted octanol–water partition coefficient (Wildman–Crippen LogP) is 5.34. The van der Waals surface area contributed by atoms with Gasteiger partial charge in [-0.05, 0) is 29.2 Å². The maximum absolute atomic E-state index is 13.8. The number of anilines is 2. The zero-order valence-electron chi connectivity index (χ0n) is 22.0. The minimum atomic E-state index is -2.75. The van der Waals surface area contributed by atoms with Gasteiger partial charge in [0.1, 0.15) is 20.0 Å². The molecule has 5 rings (SSSR count). The Bertz CT molecular complexity index is 1520. The molecule has 2 aliphatic rings. The number of hydrogen-bond acceptors (Lipinski definition) is 7. The lowest BCUT2D eigenvalue weighted by Gasteiger charge is -2.34. The zero-order chi connectivity index (χ0) is 28.2. The third kappa shape index (κ3) is 5.31. The monoisotopic (exact) mass is 569 g/mol. The van der Waals surface area contributed by atoms with Gasteiger partial charge in [0.15, 0.2) is 0 Å². The first-order valence-electron chi connectivity index (χ1n) is 12.5. The van der Waals surface area contributed by atoms with Crippen LogP contribution in [0.15, 0.2) is 54.5 Å². The predicted molar refractivity (Wildman–Crippen MR) is 154 cm³/mol. The van der Waals surface area contributed by atoms with Crippen molar-refractivity contribution in [2.45, 2.75) is 44.6 Å². The fourth-order valence-electron chi connectivity index (χ4n) is 4.65. The third-order valence-corrected chi connectivity index (χ3v) is 7.52. The molecule has 1 aliphatic heterocycles. The van der Waals surface area contributed by atoms with Crippen LogP contribution in [-0.2, 0) is 5.44 Å². The standard InChI is InChI=1S/C27H28BCl2F2N7/c1-25(2,3)14-35-23-15(11-33)12-34-24-17(23)8-16(9-20(24)30)36-27(28,18-6-4-5-7-19(18)29)21-13-39(38-37-21)22-10-26(22,31)32/h4-9,12-13,22,36-38H,10,14,28H2,1-3H3,(H,34,35). The van der Waals surface area contributed by atoms with Crippen molar-refractivity contribution in [1.82, 2.24) is 21.0 Å². The van der Waals surface area contributed by atoms with Crippen LogP contribution in [0, 0.1) is 16.7 Å². The van der Waals surface area contributed by atoms with Gasteiger partial charge >= 0.3 is 0 Å². The van der Waals surface area contributed by atoms with Crippen molar-refractivity contribution in [3.05, 3.63) is 75.7 Å². The molecule has 1 fully saturated rings. The van der Waals surface area contributed by atoms with E-state index in [1.165, 1.54) is 11.2 Å². The Labute approximate surface area is 236 Å². The Morgan fingerprint density at radius 2 is 1.95 bits per heavy atom. The molecule has 0 spiro atoms. The summed E-state index contributed by atoms with van der Waals surface area (Å²) in [6.07, 6.45) is 2.93. The van der Waals surface area contributed by atoms with Crippen LogP contribution in [-0.4, -0.2) is 36.3 Å². The molecule has 0 amide bonds. The summed E-state index contributed by atoms with van der Waals surface area (Å²) in [5.41, 5.74) is 8.41. The average molecular weight is 570 g/mol. The molecule has 1 aromatic heterocycles. The first kappa shape index (κ1) is 27.3. The van der Waals surface area contributed by atoms with Gasteiger partial charge in [0, 0.05) is 41.5 Å². The van der Waals surface area contributed by atoms with E-state index in [2.05, 4.69) is 53.4 Å². The van der Waals surface area contributed by atoms with E-state index in [1.807, 2.05) is 32.1 Å². The molecule has 202 valence electrons. The summed E-state index contributed by atoms with van der Waals surface area (Å²) < 4.78 is 27.6. The number of hydrogen-bond donors (Lipinski definition) is 4. The summed E-state index contributed by atoms with van der Waals surface area (Å²) in [5.74, 6) is -2.75. The van der Waals surface area contributed by atoms with Crippen molar-refractivity contribution < 1.29 is 8.78 Å². The van der Waals surface area contributed by atoms with Crippen molar-refractivity contribution >= 4 is 53.3 Å². The van der Waals surface area contributed by atoms with Crippen LogP contribution < -0.4 is 21.6 Å². The number of hydrazine groups is 2. The molecule has 2 atom stereocenters. The lowest BCUT2D eigenvalue weighted by atomic mass is 9.69. The second-order valence-corrected chi connectivity index (χ2v) is 12.1. The van der Waals surface area contributed by atoms with Gasteiger partial charge in [-0.2, -0.15) is 5.26 Å². The fourth-order valence-corrected chi connectivity index (χ4v) is 5.24. The molecule has 12 heteroatoms. The van der Waals surface area contributed by atoms with Crippen LogP contribution in [0.4, 0.5) is 20.2 Å². The molecule has 2 heterocycles. The van der Waals surface area contributed by atoms with E-state index < -0.39 is 17.4 Å². The van der Waals surface area contributed by atoms with Gasteiger partial charge in [-0.3, -0.25) is 9.99 Å². The van der Waals surface area contributed by atoms with Gasteiger partial charge in [0.2, 0.25) is 0 Å². The molecule has 4 N–H and O–H groups in total.